The van der Waals surface area contributed by atoms with E-state index in [1.165, 1.54) is 32.7 Å². The second-order valence-corrected chi connectivity index (χ2v) is 17.3. The minimum atomic E-state index is -1.54. The van der Waals surface area contributed by atoms with Crippen LogP contribution in [0.25, 0.3) is 11.1 Å². The number of rotatable bonds is 18. The van der Waals surface area contributed by atoms with Crippen LogP contribution in [0.3, 0.4) is 0 Å². The third kappa shape index (κ3) is 10.8. The molecule has 12 nitrogen and oxygen atoms in total. The number of nitrogens with one attached hydrogen (secondary N) is 4. The van der Waals surface area contributed by atoms with Gasteiger partial charge in [0.2, 0.25) is 17.7 Å². The molecule has 2 atom stereocenters. The van der Waals surface area contributed by atoms with Gasteiger partial charge in [-0.1, -0.05) is 146 Å². The molecule has 1 aliphatic carbocycles. The molecule has 0 aliphatic heterocycles. The summed E-state index contributed by atoms with van der Waals surface area (Å²) in [7, 11) is 1.21. The fraction of sp³-hybridized carbons (Fsp3) is 0.231. The molecule has 65 heavy (non-hydrogen) atoms. The molecule has 2 unspecified atom stereocenters. The number of methoxy groups -OCH3 is 1. The summed E-state index contributed by atoms with van der Waals surface area (Å²) in [5.74, 6) is -2.86. The number of hydrogen-bond acceptors (Lipinski definition) is 9. The van der Waals surface area contributed by atoms with Crippen LogP contribution in [0.2, 0.25) is 0 Å². The molecule has 0 spiro atoms. The van der Waals surface area contributed by atoms with Gasteiger partial charge in [0.25, 0.3) is 0 Å². The van der Waals surface area contributed by atoms with Crippen LogP contribution in [-0.2, 0) is 39.8 Å². The van der Waals surface area contributed by atoms with Crippen LogP contribution in [0, 0.1) is 0 Å². The van der Waals surface area contributed by atoms with Crippen LogP contribution in [0.4, 0.5) is 4.79 Å². The highest BCUT2D eigenvalue weighted by molar-refractivity contribution is 8.00. The molecule has 0 fully saturated rings. The third-order valence-electron chi connectivity index (χ3n) is 11.4. The fourth-order valence-corrected chi connectivity index (χ4v) is 9.64. The van der Waals surface area contributed by atoms with Crippen molar-refractivity contribution in [3.05, 3.63) is 197 Å². The molecule has 0 saturated heterocycles. The standard InChI is InChI=1S/C52H51N5O7S/c1-51(2,49(61)54-32-46(58)63-3)57-48(60)45(34-65-52(36-19-7-4-8-20-36,37-21-9-5-10-22-37)38-23-11-6-12-24-38)55-47(59)44(30-35-18-17-29-53-31-35)56-50(62)64-33-43-41-27-15-13-25-39(41)40-26-14-16-28-42(40)43/h4-29,31,43-45H,30,32-34H2,1-3H3,(H,54,61)(H,55,59)(H,56,62)(H,57,60). The largest absolute Gasteiger partial charge is 0.468 e. The number of hydrogen-bond donors (Lipinski definition) is 4. The molecule has 332 valence electrons. The lowest BCUT2D eigenvalue weighted by Gasteiger charge is -2.37. The Labute approximate surface area is 382 Å². The van der Waals surface area contributed by atoms with Gasteiger partial charge in [0, 0.05) is 30.5 Å². The fourth-order valence-electron chi connectivity index (χ4n) is 8.08. The molecule has 1 aliphatic rings. The maximum absolute atomic E-state index is 14.7. The summed E-state index contributed by atoms with van der Waals surface area (Å²) in [5.41, 5.74) is 6.14. The number of pyridine rings is 1. The van der Waals surface area contributed by atoms with Crippen LogP contribution >= 0.6 is 11.8 Å². The summed E-state index contributed by atoms with van der Waals surface area (Å²) in [5, 5.41) is 11.0. The van der Waals surface area contributed by atoms with Crippen molar-refractivity contribution in [2.45, 2.75) is 48.6 Å². The number of aromatic nitrogens is 1. The summed E-state index contributed by atoms with van der Waals surface area (Å²) in [4.78, 5) is 72.6. The summed E-state index contributed by atoms with van der Waals surface area (Å²) >= 11 is 1.44. The van der Waals surface area contributed by atoms with E-state index in [0.29, 0.717) is 5.56 Å². The Morgan fingerprint density at radius 2 is 1.20 bits per heavy atom. The van der Waals surface area contributed by atoms with Gasteiger partial charge < -0.3 is 30.7 Å². The van der Waals surface area contributed by atoms with Gasteiger partial charge in [-0.2, -0.15) is 0 Å². The first-order valence-electron chi connectivity index (χ1n) is 21.3. The van der Waals surface area contributed by atoms with Gasteiger partial charge in [-0.3, -0.25) is 24.2 Å². The zero-order valence-corrected chi connectivity index (χ0v) is 37.2. The van der Waals surface area contributed by atoms with E-state index in [9.17, 15) is 24.0 Å². The Morgan fingerprint density at radius 1 is 0.662 bits per heavy atom. The number of amides is 4. The zero-order chi connectivity index (χ0) is 45.8. The number of carbonyl (C=O) groups is 5. The second kappa shape index (κ2) is 21.0. The molecule has 0 bridgehead atoms. The maximum atomic E-state index is 14.7. The molecule has 0 saturated carbocycles. The molecule has 13 heteroatoms. The van der Waals surface area contributed by atoms with E-state index in [-0.39, 0.29) is 24.7 Å². The number of ether oxygens (including phenoxy) is 2. The number of nitrogens with zero attached hydrogens (tertiary/aromatic N) is 1. The van der Waals surface area contributed by atoms with Crippen molar-refractivity contribution in [2.24, 2.45) is 0 Å². The Bertz CT molecular complexity index is 2450. The molecule has 4 N–H and O–H groups in total. The monoisotopic (exact) mass is 889 g/mol. The molecule has 1 heterocycles. The summed E-state index contributed by atoms with van der Waals surface area (Å²) < 4.78 is 9.68. The molecular formula is C52H51N5O7S. The van der Waals surface area contributed by atoms with E-state index in [2.05, 4.69) is 31.0 Å². The van der Waals surface area contributed by atoms with E-state index in [4.69, 9.17) is 4.74 Å². The number of carbonyl (C=O) groups excluding carboxylic acids is 5. The van der Waals surface area contributed by atoms with Crippen molar-refractivity contribution in [3.8, 4) is 11.1 Å². The normalized spacial score (nSPS) is 13.0. The van der Waals surface area contributed by atoms with Gasteiger partial charge in [0.1, 0.15) is 30.8 Å². The first-order valence-corrected chi connectivity index (χ1v) is 22.3. The van der Waals surface area contributed by atoms with E-state index in [0.717, 1.165) is 38.9 Å². The van der Waals surface area contributed by atoms with Gasteiger partial charge in [-0.05, 0) is 64.4 Å². The topological polar surface area (TPSA) is 165 Å². The van der Waals surface area contributed by atoms with Gasteiger partial charge >= 0.3 is 12.1 Å². The highest BCUT2D eigenvalue weighted by Gasteiger charge is 2.41. The highest BCUT2D eigenvalue weighted by atomic mass is 32.2. The average molecular weight is 890 g/mol. The Kier molecular flexibility index (Phi) is 14.8. The molecule has 7 rings (SSSR count). The summed E-state index contributed by atoms with van der Waals surface area (Å²) in [6, 6.07) is 46.7. The number of benzene rings is 5. The summed E-state index contributed by atoms with van der Waals surface area (Å²) in [6.45, 7) is 2.61. The Morgan fingerprint density at radius 3 is 1.72 bits per heavy atom. The number of alkyl carbamates (subject to hydrolysis) is 1. The number of esters is 1. The van der Waals surface area contributed by atoms with Crippen molar-refractivity contribution in [2.75, 3.05) is 26.0 Å². The highest BCUT2D eigenvalue weighted by Crippen LogP contribution is 2.49. The van der Waals surface area contributed by atoms with E-state index < -0.39 is 58.7 Å². The number of thioether (sulfide) groups is 1. The van der Waals surface area contributed by atoms with Gasteiger partial charge in [-0.15, -0.1) is 11.8 Å². The predicted molar refractivity (Wildman–Crippen MR) is 251 cm³/mol. The van der Waals surface area contributed by atoms with Crippen LogP contribution in [-0.4, -0.2) is 78.4 Å². The molecular weight excluding hydrogens is 839 g/mol. The average Bonchev–Trinajstić information content (AvgIpc) is 3.66. The summed E-state index contributed by atoms with van der Waals surface area (Å²) in [6.07, 6.45) is 2.42. The lowest BCUT2D eigenvalue weighted by molar-refractivity contribution is -0.142. The van der Waals surface area contributed by atoms with Crippen LogP contribution < -0.4 is 21.3 Å². The van der Waals surface area contributed by atoms with Gasteiger partial charge in [0.15, 0.2) is 0 Å². The van der Waals surface area contributed by atoms with Crippen molar-refractivity contribution in [1.29, 1.82) is 0 Å². The van der Waals surface area contributed by atoms with Crippen LogP contribution in [0.1, 0.15) is 53.1 Å². The van der Waals surface area contributed by atoms with Crippen molar-refractivity contribution in [3.63, 3.8) is 0 Å². The van der Waals surface area contributed by atoms with Crippen molar-refractivity contribution >= 4 is 41.5 Å². The first kappa shape index (κ1) is 45.8. The first-order chi connectivity index (χ1) is 31.5. The van der Waals surface area contributed by atoms with Crippen molar-refractivity contribution < 1.29 is 33.4 Å². The lowest BCUT2D eigenvalue weighted by atomic mass is 9.84. The molecule has 1 aromatic heterocycles. The number of fused-ring (bicyclic) bond motifs is 3. The Balaban J connectivity index is 1.19. The molecule has 0 radical (unpaired) electrons. The van der Waals surface area contributed by atoms with Crippen LogP contribution in [0.5, 0.6) is 0 Å². The zero-order valence-electron chi connectivity index (χ0n) is 36.4. The second-order valence-electron chi connectivity index (χ2n) is 16.1. The minimum absolute atomic E-state index is 0.000667. The lowest BCUT2D eigenvalue weighted by Crippen LogP contribution is -2.61. The third-order valence-corrected chi connectivity index (χ3v) is 13.0. The molecule has 4 amide bonds. The quantitative estimate of drug-likeness (QED) is 0.0530. The minimum Gasteiger partial charge on any atom is -0.468 e. The van der Waals surface area contributed by atoms with Gasteiger partial charge in [-0.25, -0.2) is 4.79 Å². The maximum Gasteiger partial charge on any atom is 0.407 e. The van der Waals surface area contributed by atoms with E-state index in [1.807, 2.05) is 140 Å². The SMILES string of the molecule is COC(=O)CNC(=O)C(C)(C)NC(=O)C(CSC(c1ccccc1)(c1ccccc1)c1ccccc1)NC(=O)C(Cc1cccnc1)NC(=O)OCC1c2ccccc2-c2ccccc21. The Hall–Kier alpha value is -7.25. The smallest absolute Gasteiger partial charge is 0.407 e. The van der Waals surface area contributed by atoms with Gasteiger partial charge in [0.05, 0.1) is 11.9 Å². The van der Waals surface area contributed by atoms with E-state index >= 15 is 0 Å². The van der Waals surface area contributed by atoms with E-state index in [1.54, 1.807) is 24.5 Å². The predicted octanol–water partition coefficient (Wildman–Crippen LogP) is 6.93. The van der Waals surface area contributed by atoms with Crippen LogP contribution in [0.15, 0.2) is 164 Å². The molecule has 5 aromatic carbocycles. The van der Waals surface area contributed by atoms with Crippen molar-refractivity contribution in [1.82, 2.24) is 26.3 Å². The molecule has 6 aromatic rings.